The Morgan fingerprint density at radius 3 is 2.17 bits per heavy atom. The molecule has 2 N–H and O–H groups in total. The maximum Gasteiger partial charge on any atom is 0.308 e. The quantitative estimate of drug-likeness (QED) is 0.243. The van der Waals surface area contributed by atoms with Crippen LogP contribution in [0.25, 0.3) is 11.1 Å². The molecule has 0 bridgehead atoms. The molecule has 3 aromatic carbocycles. The van der Waals surface area contributed by atoms with Crippen LogP contribution in [0, 0.1) is 0 Å². The second-order valence-electron chi connectivity index (χ2n) is 8.44. The van der Waals surface area contributed by atoms with Crippen molar-refractivity contribution in [1.29, 1.82) is 0 Å². The Morgan fingerprint density at radius 2 is 1.56 bits per heavy atom. The van der Waals surface area contributed by atoms with Gasteiger partial charge in [-0.3, -0.25) is 4.79 Å². The van der Waals surface area contributed by atoms with Crippen LogP contribution in [0.3, 0.4) is 0 Å². The fourth-order valence-electron chi connectivity index (χ4n) is 4.19. The van der Waals surface area contributed by atoms with Crippen molar-refractivity contribution >= 4 is 17.1 Å². The minimum atomic E-state index is -0.585. The minimum absolute atomic E-state index is 0.206. The van der Waals surface area contributed by atoms with Gasteiger partial charge in [0.2, 0.25) is 6.79 Å². The minimum Gasteiger partial charge on any atom is -0.491 e. The molecular formula is C29H31NO6. The highest BCUT2D eigenvalue weighted by molar-refractivity contribution is 5.99. The van der Waals surface area contributed by atoms with Crippen molar-refractivity contribution in [2.24, 2.45) is 0 Å². The number of carbonyl (C=O) groups is 1. The molecule has 1 atom stereocenters. The Kier molecular flexibility index (Phi) is 8.25. The van der Waals surface area contributed by atoms with Gasteiger partial charge in [-0.1, -0.05) is 37.3 Å². The molecule has 1 unspecified atom stereocenters. The zero-order valence-electron chi connectivity index (χ0n) is 20.7. The topological polar surface area (TPSA) is 86.2 Å². The second kappa shape index (κ2) is 11.7. The number of carbonyl (C=O) groups excluding carboxylic acids is 1. The summed E-state index contributed by atoms with van der Waals surface area (Å²) >= 11 is 0. The molecule has 4 rings (SSSR count). The zero-order valence-corrected chi connectivity index (χ0v) is 20.7. The number of aliphatic hydroxyl groups excluding tert-OH is 1. The molecule has 7 heteroatoms. The summed E-state index contributed by atoms with van der Waals surface area (Å²) in [6, 6.07) is 21.3. The van der Waals surface area contributed by atoms with Crippen LogP contribution in [0.5, 0.6) is 23.0 Å². The second-order valence-corrected chi connectivity index (χ2v) is 8.44. The lowest BCUT2D eigenvalue weighted by Gasteiger charge is -2.18. The van der Waals surface area contributed by atoms with Crippen molar-refractivity contribution in [3.05, 3.63) is 83.4 Å². The van der Waals surface area contributed by atoms with Crippen LogP contribution >= 0.6 is 0 Å². The van der Waals surface area contributed by atoms with Crippen molar-refractivity contribution in [2.75, 3.05) is 27.0 Å². The molecule has 188 valence electrons. The molecule has 0 fully saturated rings. The Bertz CT molecular complexity index is 1220. The average Bonchev–Trinajstić information content (AvgIpc) is 3.35. The highest BCUT2D eigenvalue weighted by Gasteiger charge is 2.18. The predicted octanol–water partition coefficient (Wildman–Crippen LogP) is 4.67. The largest absolute Gasteiger partial charge is 0.491 e. The number of benzene rings is 3. The molecule has 0 aromatic heterocycles. The third kappa shape index (κ3) is 6.05. The van der Waals surface area contributed by atoms with Gasteiger partial charge < -0.3 is 29.4 Å². The summed E-state index contributed by atoms with van der Waals surface area (Å²) in [6.45, 7) is 4.39. The molecule has 0 amide bonds. The Hall–Kier alpha value is -3.81. The fraction of sp³-hybridized carbons (Fsp3) is 0.276. The number of hydrogen-bond acceptors (Lipinski definition) is 7. The fourth-order valence-corrected chi connectivity index (χ4v) is 4.19. The van der Waals surface area contributed by atoms with Crippen LogP contribution in [0.4, 0.5) is 0 Å². The van der Waals surface area contributed by atoms with Crippen LogP contribution < -0.4 is 24.3 Å². The monoisotopic (exact) mass is 489 g/mol. The number of fused-ring (bicyclic) bond motifs is 1. The normalized spacial score (nSPS) is 13.7. The van der Waals surface area contributed by atoms with E-state index in [0.717, 1.165) is 45.8 Å². The summed E-state index contributed by atoms with van der Waals surface area (Å²) in [6.07, 6.45) is 0.188. The summed E-state index contributed by atoms with van der Waals surface area (Å²) < 4.78 is 22.1. The Morgan fingerprint density at radius 1 is 0.944 bits per heavy atom. The molecule has 0 radical (unpaired) electrons. The maximum atomic E-state index is 11.4. The highest BCUT2D eigenvalue weighted by Crippen LogP contribution is 2.40. The van der Waals surface area contributed by atoms with Gasteiger partial charge in [0.1, 0.15) is 24.2 Å². The van der Waals surface area contributed by atoms with Crippen LogP contribution in [0.1, 0.15) is 37.0 Å². The third-order valence-corrected chi connectivity index (χ3v) is 5.81. The third-order valence-electron chi connectivity index (χ3n) is 5.81. The van der Waals surface area contributed by atoms with Crippen LogP contribution in [-0.2, 0) is 4.79 Å². The maximum absolute atomic E-state index is 11.4. The summed E-state index contributed by atoms with van der Waals surface area (Å²) in [4.78, 5) is 11.4. The molecule has 0 spiro atoms. The smallest absolute Gasteiger partial charge is 0.308 e. The van der Waals surface area contributed by atoms with Crippen molar-refractivity contribution in [3.8, 4) is 23.0 Å². The molecule has 3 aromatic rings. The van der Waals surface area contributed by atoms with E-state index < -0.39 is 6.10 Å². The highest BCUT2D eigenvalue weighted by atomic mass is 16.7. The van der Waals surface area contributed by atoms with Gasteiger partial charge in [0.15, 0.2) is 11.5 Å². The first-order chi connectivity index (χ1) is 17.5. The van der Waals surface area contributed by atoms with E-state index in [4.69, 9.17) is 18.9 Å². The van der Waals surface area contributed by atoms with E-state index in [1.165, 1.54) is 6.92 Å². The molecule has 7 nitrogen and oxygen atoms in total. The summed E-state index contributed by atoms with van der Waals surface area (Å²) in [5.41, 5.74) is 5.21. The van der Waals surface area contributed by atoms with Crippen molar-refractivity contribution in [2.45, 2.75) is 26.4 Å². The van der Waals surface area contributed by atoms with Crippen molar-refractivity contribution < 1.29 is 28.8 Å². The first-order valence-corrected chi connectivity index (χ1v) is 12.0. The summed E-state index contributed by atoms with van der Waals surface area (Å²) in [7, 11) is 1.79. The van der Waals surface area contributed by atoms with E-state index in [-0.39, 0.29) is 19.4 Å². The van der Waals surface area contributed by atoms with E-state index in [1.54, 1.807) is 19.2 Å². The van der Waals surface area contributed by atoms with Gasteiger partial charge in [-0.15, -0.1) is 0 Å². The van der Waals surface area contributed by atoms with Gasteiger partial charge in [0, 0.05) is 13.5 Å². The lowest BCUT2D eigenvalue weighted by atomic mass is 9.88. The first-order valence-electron chi connectivity index (χ1n) is 12.0. The molecule has 36 heavy (non-hydrogen) atoms. The molecule has 0 aliphatic carbocycles. The predicted molar refractivity (Wildman–Crippen MR) is 138 cm³/mol. The van der Waals surface area contributed by atoms with E-state index in [2.05, 4.69) is 12.2 Å². The van der Waals surface area contributed by atoms with Gasteiger partial charge >= 0.3 is 5.97 Å². The van der Waals surface area contributed by atoms with Crippen LogP contribution in [-0.4, -0.2) is 44.2 Å². The lowest BCUT2D eigenvalue weighted by Crippen LogP contribution is -2.29. The number of rotatable bonds is 10. The number of ether oxygens (including phenoxy) is 4. The lowest BCUT2D eigenvalue weighted by molar-refractivity contribution is -0.131. The molecule has 1 heterocycles. The number of esters is 1. The van der Waals surface area contributed by atoms with E-state index in [1.807, 2.05) is 54.6 Å². The standard InChI is InChI=1S/C29H31NO6/c1-4-26(22-9-14-27-28(15-22)35-18-34-27)29(21-7-12-25(13-8-21)36-19(2)31)20-5-10-24(11-6-20)33-17-23(32)16-30-3/h5-15,23,30,32H,4,16-18H2,1-3H3. The molecule has 0 saturated carbocycles. The number of nitrogens with one attached hydrogen (secondary N) is 1. The van der Waals surface area contributed by atoms with Gasteiger partial charge in [0.05, 0.1) is 0 Å². The van der Waals surface area contributed by atoms with E-state index in [0.29, 0.717) is 18.0 Å². The number of aliphatic hydroxyl groups is 1. The van der Waals surface area contributed by atoms with Gasteiger partial charge in [-0.25, -0.2) is 0 Å². The zero-order chi connectivity index (χ0) is 25.5. The number of likely N-dealkylation sites (N-methyl/N-ethyl adjacent to an activating group) is 1. The molecular weight excluding hydrogens is 458 g/mol. The summed E-state index contributed by atoms with van der Waals surface area (Å²) in [5.74, 6) is 2.29. The number of hydrogen-bond donors (Lipinski definition) is 2. The summed E-state index contributed by atoms with van der Waals surface area (Å²) in [5, 5.41) is 12.9. The SMILES string of the molecule is CCC(=C(c1ccc(OCC(O)CNC)cc1)c1ccc(OC(C)=O)cc1)c1ccc2c(c1)OCO2. The van der Waals surface area contributed by atoms with Crippen LogP contribution in [0.2, 0.25) is 0 Å². The molecule has 1 aliphatic rings. The number of allylic oxidation sites excluding steroid dienone is 1. The van der Waals surface area contributed by atoms with E-state index in [9.17, 15) is 9.90 Å². The molecule has 1 aliphatic heterocycles. The van der Waals surface area contributed by atoms with Crippen molar-refractivity contribution in [3.63, 3.8) is 0 Å². The Labute approximate surface area is 211 Å². The first kappa shape index (κ1) is 25.3. The average molecular weight is 490 g/mol. The molecule has 0 saturated heterocycles. The van der Waals surface area contributed by atoms with Gasteiger partial charge in [-0.2, -0.15) is 0 Å². The van der Waals surface area contributed by atoms with Gasteiger partial charge in [-0.05, 0) is 77.7 Å². The Balaban J connectivity index is 1.73. The van der Waals surface area contributed by atoms with Crippen molar-refractivity contribution in [1.82, 2.24) is 5.32 Å². The van der Waals surface area contributed by atoms with E-state index >= 15 is 0 Å². The van der Waals surface area contributed by atoms with Gasteiger partial charge in [0.25, 0.3) is 0 Å². The van der Waals surface area contributed by atoms with Crippen LogP contribution in [0.15, 0.2) is 66.7 Å².